The highest BCUT2D eigenvalue weighted by molar-refractivity contribution is 7.09. The molecule has 1 aromatic rings. The summed E-state index contributed by atoms with van der Waals surface area (Å²) in [5.74, 6) is 0.0109. The Labute approximate surface area is 117 Å². The minimum Gasteiger partial charge on any atom is -0.363 e. The summed E-state index contributed by atoms with van der Waals surface area (Å²) in [7, 11) is 1.67. The Morgan fingerprint density at radius 1 is 1.58 bits per heavy atom. The van der Waals surface area contributed by atoms with Crippen molar-refractivity contribution in [2.75, 3.05) is 13.6 Å². The van der Waals surface area contributed by atoms with E-state index in [0.717, 1.165) is 37.4 Å². The van der Waals surface area contributed by atoms with Crippen LogP contribution in [0.4, 0.5) is 0 Å². The molecule has 0 aromatic carbocycles. The summed E-state index contributed by atoms with van der Waals surface area (Å²) >= 11 is 1.70. The summed E-state index contributed by atoms with van der Waals surface area (Å²) < 4.78 is 5.94. The number of carbonyl (C=O) groups excluding carboxylic acids is 1. The number of likely N-dealkylation sites (N-methyl/N-ethyl adjacent to an activating group) is 1. The van der Waals surface area contributed by atoms with E-state index in [9.17, 15) is 4.79 Å². The molecule has 1 aromatic heterocycles. The summed E-state index contributed by atoms with van der Waals surface area (Å²) in [5, 5.41) is 5.85. The number of rotatable bonds is 3. The van der Waals surface area contributed by atoms with E-state index in [1.165, 1.54) is 0 Å². The van der Waals surface area contributed by atoms with Crippen molar-refractivity contribution in [3.8, 4) is 0 Å². The lowest BCUT2D eigenvalue weighted by Gasteiger charge is -2.35. The molecule has 3 rings (SSSR count). The third-order valence-electron chi connectivity index (χ3n) is 4.02. The van der Waals surface area contributed by atoms with E-state index in [-0.39, 0.29) is 18.1 Å². The number of fused-ring (bicyclic) bond motifs is 1. The minimum absolute atomic E-state index is 0.0109. The molecule has 19 heavy (non-hydrogen) atoms. The van der Waals surface area contributed by atoms with Crippen LogP contribution in [0.15, 0.2) is 11.6 Å². The molecular formula is C13H19N3O2S. The minimum atomic E-state index is -0.258. The number of carbonyl (C=O) groups is 1. The predicted octanol–water partition coefficient (Wildman–Crippen LogP) is 1.01. The third kappa shape index (κ3) is 2.66. The van der Waals surface area contributed by atoms with Crippen molar-refractivity contribution < 1.29 is 9.53 Å². The number of hydrogen-bond acceptors (Lipinski definition) is 5. The van der Waals surface area contributed by atoms with Crippen molar-refractivity contribution in [1.82, 2.24) is 15.2 Å². The normalized spacial score (nSPS) is 31.1. The molecule has 2 saturated heterocycles. The summed E-state index contributed by atoms with van der Waals surface area (Å²) in [4.78, 5) is 18.4. The Morgan fingerprint density at radius 3 is 3.21 bits per heavy atom. The average Bonchev–Trinajstić information content (AvgIpc) is 3.08. The Kier molecular flexibility index (Phi) is 3.81. The second-order valence-electron chi connectivity index (χ2n) is 5.11. The molecule has 2 fully saturated rings. The van der Waals surface area contributed by atoms with Gasteiger partial charge in [0.2, 0.25) is 5.91 Å². The van der Waals surface area contributed by atoms with E-state index >= 15 is 0 Å². The van der Waals surface area contributed by atoms with Gasteiger partial charge in [-0.1, -0.05) is 0 Å². The molecular weight excluding hydrogens is 262 g/mol. The maximum Gasteiger partial charge on any atom is 0.248 e. The van der Waals surface area contributed by atoms with Gasteiger partial charge in [-0.15, -0.1) is 11.3 Å². The Bertz CT molecular complexity index is 437. The molecule has 2 aliphatic heterocycles. The lowest BCUT2D eigenvalue weighted by Crippen LogP contribution is -2.47. The van der Waals surface area contributed by atoms with Gasteiger partial charge in [-0.2, -0.15) is 0 Å². The fourth-order valence-electron chi connectivity index (χ4n) is 3.07. The highest BCUT2D eigenvalue weighted by Gasteiger charge is 2.41. The monoisotopic (exact) mass is 281 g/mol. The van der Waals surface area contributed by atoms with Crippen LogP contribution in [0.25, 0.3) is 0 Å². The number of nitrogens with zero attached hydrogens (tertiary/aromatic N) is 2. The van der Waals surface area contributed by atoms with Gasteiger partial charge in [0, 0.05) is 31.2 Å². The number of aromatic nitrogens is 1. The van der Waals surface area contributed by atoms with Crippen LogP contribution in [0.1, 0.15) is 24.3 Å². The Hall–Kier alpha value is -0.980. The van der Waals surface area contributed by atoms with Gasteiger partial charge in [0.15, 0.2) is 0 Å². The van der Waals surface area contributed by atoms with Crippen LogP contribution in [-0.4, -0.2) is 47.6 Å². The third-order valence-corrected chi connectivity index (χ3v) is 4.79. The van der Waals surface area contributed by atoms with Gasteiger partial charge >= 0.3 is 0 Å². The van der Waals surface area contributed by atoms with E-state index in [4.69, 9.17) is 4.74 Å². The highest BCUT2D eigenvalue weighted by Crippen LogP contribution is 2.32. The van der Waals surface area contributed by atoms with Gasteiger partial charge in [0.25, 0.3) is 0 Å². The van der Waals surface area contributed by atoms with Gasteiger partial charge < -0.3 is 10.1 Å². The van der Waals surface area contributed by atoms with Crippen molar-refractivity contribution >= 4 is 17.2 Å². The summed E-state index contributed by atoms with van der Waals surface area (Å²) in [6.07, 6.45) is 4.67. The standard InChI is InChI=1S/C13H19N3O2S/c1-14-13(17)11-3-2-9-10(18-11)4-6-16(9)8-12-15-5-7-19-12/h5,7,9-11H,2-4,6,8H2,1H3,(H,14,17)/t9-,10-,11-/m0/s1. The molecule has 3 atom stereocenters. The summed E-state index contributed by atoms with van der Waals surface area (Å²) in [6, 6.07) is 0.449. The van der Waals surface area contributed by atoms with Crippen molar-refractivity contribution in [2.24, 2.45) is 0 Å². The lowest BCUT2D eigenvalue weighted by molar-refractivity contribution is -0.143. The van der Waals surface area contributed by atoms with Crippen LogP contribution in [-0.2, 0) is 16.1 Å². The van der Waals surface area contributed by atoms with E-state index in [1.807, 2.05) is 11.6 Å². The average molecular weight is 281 g/mol. The molecule has 2 aliphatic rings. The SMILES string of the molecule is CNC(=O)[C@@H]1CC[C@H]2[C@H](CCN2Cc2nccs2)O1. The summed E-state index contributed by atoms with van der Waals surface area (Å²) in [5.41, 5.74) is 0. The van der Waals surface area contributed by atoms with Gasteiger partial charge in [-0.25, -0.2) is 4.98 Å². The smallest absolute Gasteiger partial charge is 0.248 e. The Balaban J connectivity index is 1.60. The molecule has 1 amide bonds. The number of thiazole rings is 1. The Morgan fingerprint density at radius 2 is 2.47 bits per heavy atom. The van der Waals surface area contributed by atoms with E-state index in [1.54, 1.807) is 18.4 Å². The molecule has 3 heterocycles. The largest absolute Gasteiger partial charge is 0.363 e. The van der Waals surface area contributed by atoms with Gasteiger partial charge in [0.05, 0.1) is 12.6 Å². The molecule has 0 spiro atoms. The predicted molar refractivity (Wildman–Crippen MR) is 72.9 cm³/mol. The van der Waals surface area contributed by atoms with Crippen LogP contribution < -0.4 is 5.32 Å². The van der Waals surface area contributed by atoms with Crippen LogP contribution in [0.3, 0.4) is 0 Å². The van der Waals surface area contributed by atoms with Crippen molar-refractivity contribution in [3.05, 3.63) is 16.6 Å². The van der Waals surface area contributed by atoms with Gasteiger partial charge in [-0.05, 0) is 19.3 Å². The van der Waals surface area contributed by atoms with Crippen LogP contribution in [0, 0.1) is 0 Å². The lowest BCUT2D eigenvalue weighted by atomic mass is 9.98. The molecule has 5 nitrogen and oxygen atoms in total. The first-order valence-electron chi connectivity index (χ1n) is 6.77. The van der Waals surface area contributed by atoms with Crippen molar-refractivity contribution in [3.63, 3.8) is 0 Å². The van der Waals surface area contributed by atoms with Gasteiger partial charge in [-0.3, -0.25) is 9.69 Å². The van der Waals surface area contributed by atoms with Crippen LogP contribution in [0.2, 0.25) is 0 Å². The highest BCUT2D eigenvalue weighted by atomic mass is 32.1. The molecule has 0 radical (unpaired) electrons. The molecule has 0 unspecified atom stereocenters. The maximum atomic E-state index is 11.6. The number of hydrogen-bond donors (Lipinski definition) is 1. The first-order chi connectivity index (χ1) is 9.28. The number of ether oxygens (including phenoxy) is 1. The second kappa shape index (κ2) is 5.56. The first-order valence-corrected chi connectivity index (χ1v) is 7.65. The van der Waals surface area contributed by atoms with Crippen LogP contribution >= 0.6 is 11.3 Å². The zero-order valence-electron chi connectivity index (χ0n) is 11.0. The maximum absolute atomic E-state index is 11.6. The number of likely N-dealkylation sites (tertiary alicyclic amines) is 1. The fraction of sp³-hybridized carbons (Fsp3) is 0.692. The topological polar surface area (TPSA) is 54.5 Å². The molecule has 0 aliphatic carbocycles. The van der Waals surface area contributed by atoms with E-state index in [0.29, 0.717) is 6.04 Å². The molecule has 104 valence electrons. The molecule has 6 heteroatoms. The van der Waals surface area contributed by atoms with E-state index in [2.05, 4.69) is 15.2 Å². The molecule has 1 N–H and O–H groups in total. The van der Waals surface area contributed by atoms with Crippen LogP contribution in [0.5, 0.6) is 0 Å². The number of nitrogens with one attached hydrogen (secondary N) is 1. The number of amides is 1. The van der Waals surface area contributed by atoms with Gasteiger partial charge in [0.1, 0.15) is 11.1 Å². The zero-order valence-corrected chi connectivity index (χ0v) is 11.9. The molecule has 0 saturated carbocycles. The summed E-state index contributed by atoms with van der Waals surface area (Å²) in [6.45, 7) is 1.95. The second-order valence-corrected chi connectivity index (χ2v) is 6.09. The molecule has 0 bridgehead atoms. The quantitative estimate of drug-likeness (QED) is 0.898. The first kappa shape index (κ1) is 13.0. The van der Waals surface area contributed by atoms with Crippen molar-refractivity contribution in [1.29, 1.82) is 0 Å². The zero-order chi connectivity index (χ0) is 13.2. The van der Waals surface area contributed by atoms with E-state index < -0.39 is 0 Å². The van der Waals surface area contributed by atoms with Crippen molar-refractivity contribution in [2.45, 2.75) is 44.1 Å². The fourth-order valence-corrected chi connectivity index (χ4v) is 3.71.